The molecule has 0 saturated heterocycles. The largest absolute Gasteiger partial charge is 0.302 e. The highest BCUT2D eigenvalue weighted by Crippen LogP contribution is 2.22. The van der Waals surface area contributed by atoms with E-state index in [0.717, 1.165) is 4.47 Å². The molecule has 2 aromatic heterocycles. The highest BCUT2D eigenvalue weighted by atomic mass is 79.9. The molecule has 0 aliphatic heterocycles. The fourth-order valence-corrected chi connectivity index (χ4v) is 2.87. The third-order valence-electron chi connectivity index (χ3n) is 3.78. The fourth-order valence-electron chi connectivity index (χ4n) is 2.49. The van der Waals surface area contributed by atoms with Crippen molar-refractivity contribution >= 4 is 33.0 Å². The van der Waals surface area contributed by atoms with Crippen molar-refractivity contribution in [3.05, 3.63) is 74.5 Å². The smallest absolute Gasteiger partial charge is 0.258 e. The van der Waals surface area contributed by atoms with E-state index >= 15 is 0 Å². The molecule has 0 fully saturated rings. The van der Waals surface area contributed by atoms with E-state index in [-0.39, 0.29) is 19.0 Å². The number of hydrogen-bond donors (Lipinski definition) is 0. The summed E-state index contributed by atoms with van der Waals surface area (Å²) in [6.07, 6.45) is 3.27. The maximum absolute atomic E-state index is 13.0. The zero-order valence-electron chi connectivity index (χ0n) is 13.4. The van der Waals surface area contributed by atoms with Gasteiger partial charge in [0.1, 0.15) is 0 Å². The molecule has 0 spiro atoms. The van der Waals surface area contributed by atoms with Crippen LogP contribution in [0.3, 0.4) is 0 Å². The number of nitro groups is 1. The molecule has 8 nitrogen and oxygen atoms in total. The molecule has 0 radical (unpaired) electrons. The molecule has 2 heterocycles. The first-order chi connectivity index (χ1) is 12.5. The average molecular weight is 414 g/mol. The summed E-state index contributed by atoms with van der Waals surface area (Å²) < 4.78 is 2.35. The number of pyridine rings is 1. The predicted octanol–water partition coefficient (Wildman–Crippen LogP) is 2.89. The third-order valence-corrected chi connectivity index (χ3v) is 4.39. The predicted molar refractivity (Wildman–Crippen MR) is 97.6 cm³/mol. The molecule has 9 heteroatoms. The van der Waals surface area contributed by atoms with Crippen molar-refractivity contribution in [2.45, 2.75) is 0 Å². The number of hydrogen-bond acceptors (Lipinski definition) is 5. The third kappa shape index (κ3) is 3.55. The number of rotatable bonds is 5. The van der Waals surface area contributed by atoms with Gasteiger partial charge in [-0.1, -0.05) is 0 Å². The quantitative estimate of drug-likeness (QED) is 0.472. The van der Waals surface area contributed by atoms with Gasteiger partial charge in [0.05, 0.1) is 34.4 Å². The lowest BCUT2D eigenvalue weighted by atomic mass is 10.1. The number of halogens is 1. The van der Waals surface area contributed by atoms with Crippen molar-refractivity contribution in [3.63, 3.8) is 0 Å². The fraction of sp³-hybridized carbons (Fsp3) is 0.118. The van der Waals surface area contributed by atoms with Gasteiger partial charge >= 0.3 is 0 Å². The van der Waals surface area contributed by atoms with E-state index in [0.29, 0.717) is 22.3 Å². The average Bonchev–Trinajstić information content (AvgIpc) is 3.02. The minimum Gasteiger partial charge on any atom is -0.302 e. The van der Waals surface area contributed by atoms with Crippen LogP contribution in [0.4, 0.5) is 5.69 Å². The second kappa shape index (κ2) is 7.33. The zero-order valence-corrected chi connectivity index (χ0v) is 15.0. The van der Waals surface area contributed by atoms with Gasteiger partial charge in [-0.15, -0.1) is 0 Å². The number of carbonyl (C=O) groups is 1. The van der Waals surface area contributed by atoms with Crippen LogP contribution in [0.25, 0.3) is 5.52 Å². The second-order valence-corrected chi connectivity index (χ2v) is 6.26. The Kier molecular flexibility index (Phi) is 4.95. The van der Waals surface area contributed by atoms with Crippen LogP contribution in [0.1, 0.15) is 15.9 Å². The molecule has 3 rings (SSSR count). The lowest BCUT2D eigenvalue weighted by Crippen LogP contribution is -2.35. The van der Waals surface area contributed by atoms with Crippen LogP contribution in [-0.4, -0.2) is 33.5 Å². The first kappa shape index (κ1) is 17.6. The van der Waals surface area contributed by atoms with Crippen LogP contribution in [0.5, 0.6) is 0 Å². The molecule has 0 atom stereocenters. The van der Waals surface area contributed by atoms with E-state index in [9.17, 15) is 14.9 Å². The number of anilines is 1. The van der Waals surface area contributed by atoms with E-state index in [1.54, 1.807) is 53.3 Å². The Morgan fingerprint density at radius 1 is 1.35 bits per heavy atom. The lowest BCUT2D eigenvalue weighted by Gasteiger charge is -2.21. The maximum Gasteiger partial charge on any atom is 0.258 e. The van der Waals surface area contributed by atoms with E-state index < -0.39 is 4.92 Å². The van der Waals surface area contributed by atoms with Gasteiger partial charge in [0.15, 0.2) is 0 Å². The Morgan fingerprint density at radius 3 is 2.73 bits per heavy atom. The summed E-state index contributed by atoms with van der Waals surface area (Å²) in [5, 5.41) is 23.8. The zero-order chi connectivity index (χ0) is 18.7. The second-order valence-electron chi connectivity index (χ2n) is 5.41. The minimum atomic E-state index is -0.472. The van der Waals surface area contributed by atoms with Crippen LogP contribution >= 0.6 is 15.9 Å². The molecule has 0 aliphatic rings. The van der Waals surface area contributed by atoms with Gasteiger partial charge < -0.3 is 4.90 Å². The normalized spacial score (nSPS) is 10.5. The standard InChI is InChI=1S/C17H12BrN5O3/c18-15-11-20-22-6-5-13(9-16(15)22)17(24)21(7-8-23(25)26)14-3-1-12(10-19)2-4-14/h1-6,9,11H,7-8H2. The number of nitrogens with zero attached hydrogens (tertiary/aromatic N) is 5. The van der Waals surface area contributed by atoms with E-state index in [4.69, 9.17) is 5.26 Å². The molecule has 0 N–H and O–H groups in total. The molecule has 26 heavy (non-hydrogen) atoms. The number of fused-ring (bicyclic) bond motifs is 1. The van der Waals surface area contributed by atoms with Crippen LogP contribution in [0.2, 0.25) is 0 Å². The van der Waals surface area contributed by atoms with Gasteiger partial charge in [-0.2, -0.15) is 10.4 Å². The SMILES string of the molecule is N#Cc1ccc(N(CC[N+](=O)[O-])C(=O)c2ccn3ncc(Br)c3c2)cc1. The molecule has 1 amide bonds. The van der Waals surface area contributed by atoms with Crippen molar-refractivity contribution in [1.29, 1.82) is 5.26 Å². The summed E-state index contributed by atoms with van der Waals surface area (Å²) in [6, 6.07) is 11.6. The van der Waals surface area contributed by atoms with Crippen molar-refractivity contribution in [3.8, 4) is 6.07 Å². The van der Waals surface area contributed by atoms with Crippen LogP contribution in [0.15, 0.2) is 53.3 Å². The van der Waals surface area contributed by atoms with Crippen LogP contribution in [-0.2, 0) is 0 Å². The first-order valence-electron chi connectivity index (χ1n) is 7.56. The summed E-state index contributed by atoms with van der Waals surface area (Å²) in [4.78, 5) is 24.6. The van der Waals surface area contributed by atoms with Crippen LogP contribution < -0.4 is 4.90 Å². The molecule has 0 unspecified atom stereocenters. The van der Waals surface area contributed by atoms with Crippen molar-refractivity contribution in [2.24, 2.45) is 0 Å². The Morgan fingerprint density at radius 2 is 2.08 bits per heavy atom. The highest BCUT2D eigenvalue weighted by molar-refractivity contribution is 9.10. The van der Waals surface area contributed by atoms with Gasteiger partial charge in [0.2, 0.25) is 6.54 Å². The van der Waals surface area contributed by atoms with Crippen molar-refractivity contribution in [1.82, 2.24) is 9.61 Å². The monoisotopic (exact) mass is 413 g/mol. The number of benzene rings is 1. The first-order valence-corrected chi connectivity index (χ1v) is 8.35. The molecule has 130 valence electrons. The number of aromatic nitrogens is 2. The highest BCUT2D eigenvalue weighted by Gasteiger charge is 2.20. The molecule has 1 aromatic carbocycles. The van der Waals surface area contributed by atoms with Gasteiger partial charge in [0, 0.05) is 22.4 Å². The van der Waals surface area contributed by atoms with Gasteiger partial charge in [0.25, 0.3) is 5.91 Å². The van der Waals surface area contributed by atoms with E-state index in [2.05, 4.69) is 21.0 Å². The summed E-state index contributed by atoms with van der Waals surface area (Å²) in [7, 11) is 0. The van der Waals surface area contributed by atoms with Gasteiger partial charge in [-0.3, -0.25) is 14.9 Å². The van der Waals surface area contributed by atoms with Crippen LogP contribution in [0, 0.1) is 21.4 Å². The Balaban J connectivity index is 1.97. The molecular weight excluding hydrogens is 402 g/mol. The van der Waals surface area contributed by atoms with Crippen molar-refractivity contribution in [2.75, 3.05) is 18.0 Å². The minimum absolute atomic E-state index is 0.0800. The summed E-state index contributed by atoms with van der Waals surface area (Å²) in [5.41, 5.74) is 2.03. The Bertz CT molecular complexity index is 1020. The summed E-state index contributed by atoms with van der Waals surface area (Å²) in [5.74, 6) is -0.368. The number of nitriles is 1. The topological polar surface area (TPSA) is 105 Å². The lowest BCUT2D eigenvalue weighted by molar-refractivity contribution is -0.476. The van der Waals surface area contributed by atoms with E-state index in [1.807, 2.05) is 6.07 Å². The molecular formula is C17H12BrN5O3. The molecule has 0 aliphatic carbocycles. The number of amides is 1. The summed E-state index contributed by atoms with van der Waals surface area (Å²) >= 11 is 3.37. The maximum atomic E-state index is 13.0. The Labute approximate surface area is 156 Å². The molecule has 0 saturated carbocycles. The van der Waals surface area contributed by atoms with Gasteiger partial charge in [-0.25, -0.2) is 4.52 Å². The molecule has 0 bridgehead atoms. The van der Waals surface area contributed by atoms with Crippen molar-refractivity contribution < 1.29 is 9.72 Å². The summed E-state index contributed by atoms with van der Waals surface area (Å²) in [6.45, 7) is -0.465. The number of carbonyl (C=O) groups excluding carboxylic acids is 1. The van der Waals surface area contributed by atoms with Gasteiger partial charge in [-0.05, 0) is 52.3 Å². The molecule has 3 aromatic rings. The van der Waals surface area contributed by atoms with E-state index in [1.165, 1.54) is 4.90 Å². The Hall–Kier alpha value is -3.25.